The van der Waals surface area contributed by atoms with E-state index < -0.39 is 19.0 Å². The van der Waals surface area contributed by atoms with Crippen molar-refractivity contribution in [3.8, 4) is 0 Å². The Morgan fingerprint density at radius 2 is 1.79 bits per heavy atom. The van der Waals surface area contributed by atoms with E-state index in [9.17, 15) is 8.78 Å². The minimum absolute atomic E-state index is 0.0243. The van der Waals surface area contributed by atoms with Crippen molar-refractivity contribution in [3.05, 3.63) is 35.4 Å². The second-order valence-electron chi connectivity index (χ2n) is 3.23. The zero-order valence-electron chi connectivity index (χ0n) is 8.13. The van der Waals surface area contributed by atoms with Crippen LogP contribution in [0.3, 0.4) is 0 Å². The summed E-state index contributed by atoms with van der Waals surface area (Å²) in [4.78, 5) is 0. The smallest absolute Gasteiger partial charge is 0.275 e. The van der Waals surface area contributed by atoms with Gasteiger partial charge in [0.15, 0.2) is 0 Å². The normalized spacial score (nSPS) is 11.7. The molecule has 1 aromatic carbocycles. The molecule has 1 aromatic rings. The average molecular weight is 200 g/mol. The Hall–Kier alpha value is -0.960. The molecule has 0 amide bonds. The van der Waals surface area contributed by atoms with Crippen LogP contribution in [0.2, 0.25) is 0 Å². The van der Waals surface area contributed by atoms with Crippen LogP contribution in [-0.4, -0.2) is 11.7 Å². The molecule has 0 radical (unpaired) electrons. The van der Waals surface area contributed by atoms with E-state index in [0.29, 0.717) is 0 Å². The van der Waals surface area contributed by atoms with Gasteiger partial charge in [-0.1, -0.05) is 31.2 Å². The molecule has 3 heteroatoms. The maximum absolute atomic E-state index is 13.2. The minimum Gasteiger partial charge on any atom is -0.396 e. The summed E-state index contributed by atoms with van der Waals surface area (Å²) in [5.41, 5.74) is 1.01. The Bertz CT molecular complexity index is 280. The highest BCUT2D eigenvalue weighted by molar-refractivity contribution is 5.25. The van der Waals surface area contributed by atoms with E-state index in [0.717, 1.165) is 12.0 Å². The molecule has 0 aromatic heterocycles. The molecule has 0 bridgehead atoms. The van der Waals surface area contributed by atoms with Crippen LogP contribution in [0.15, 0.2) is 24.3 Å². The van der Waals surface area contributed by atoms with Gasteiger partial charge in [0.05, 0.1) is 0 Å². The SMILES string of the molecule is CCc1ccc(C(F)(F)CCO)cc1. The molecule has 14 heavy (non-hydrogen) atoms. The molecule has 0 atom stereocenters. The van der Waals surface area contributed by atoms with Gasteiger partial charge in [-0.25, -0.2) is 8.78 Å². The molecule has 78 valence electrons. The highest BCUT2D eigenvalue weighted by atomic mass is 19.3. The van der Waals surface area contributed by atoms with Crippen LogP contribution in [-0.2, 0) is 12.3 Å². The van der Waals surface area contributed by atoms with Gasteiger partial charge in [-0.05, 0) is 12.0 Å². The summed E-state index contributed by atoms with van der Waals surface area (Å²) in [6.07, 6.45) is 0.324. The maximum atomic E-state index is 13.2. The average Bonchev–Trinajstić information content (AvgIpc) is 2.18. The Labute approximate surface area is 82.4 Å². The molecule has 0 aliphatic carbocycles. The largest absolute Gasteiger partial charge is 0.396 e. The number of hydrogen-bond acceptors (Lipinski definition) is 1. The fourth-order valence-electron chi connectivity index (χ4n) is 1.27. The van der Waals surface area contributed by atoms with Gasteiger partial charge in [-0.15, -0.1) is 0 Å². The first-order valence-corrected chi connectivity index (χ1v) is 4.68. The molecule has 0 heterocycles. The van der Waals surface area contributed by atoms with Gasteiger partial charge >= 0.3 is 0 Å². The molecule has 0 unspecified atom stereocenters. The fraction of sp³-hybridized carbons (Fsp3) is 0.455. The predicted molar refractivity (Wildman–Crippen MR) is 51.4 cm³/mol. The van der Waals surface area contributed by atoms with E-state index in [1.54, 1.807) is 12.1 Å². The molecule has 0 aliphatic rings. The van der Waals surface area contributed by atoms with E-state index in [2.05, 4.69) is 0 Å². The maximum Gasteiger partial charge on any atom is 0.275 e. The first-order valence-electron chi connectivity index (χ1n) is 4.68. The lowest BCUT2D eigenvalue weighted by Crippen LogP contribution is -2.15. The third-order valence-electron chi connectivity index (χ3n) is 2.21. The fourth-order valence-corrected chi connectivity index (χ4v) is 1.27. The minimum atomic E-state index is -2.92. The number of aliphatic hydroxyl groups excluding tert-OH is 1. The number of aryl methyl sites for hydroxylation is 1. The van der Waals surface area contributed by atoms with Crippen molar-refractivity contribution in [2.24, 2.45) is 0 Å². The van der Waals surface area contributed by atoms with Crippen LogP contribution in [0, 0.1) is 0 Å². The zero-order valence-corrected chi connectivity index (χ0v) is 8.13. The molecular weight excluding hydrogens is 186 g/mol. The first kappa shape index (κ1) is 11.1. The van der Waals surface area contributed by atoms with Crippen LogP contribution in [0.1, 0.15) is 24.5 Å². The van der Waals surface area contributed by atoms with Gasteiger partial charge in [0, 0.05) is 18.6 Å². The molecular formula is C11H14F2O. The summed E-state index contributed by atoms with van der Waals surface area (Å²) < 4.78 is 26.5. The van der Waals surface area contributed by atoms with Gasteiger partial charge in [0.1, 0.15) is 0 Å². The molecule has 1 rings (SSSR count). The third kappa shape index (κ3) is 2.51. The van der Waals surface area contributed by atoms with Crippen molar-refractivity contribution in [2.45, 2.75) is 25.7 Å². The lowest BCUT2D eigenvalue weighted by Gasteiger charge is -2.15. The summed E-state index contributed by atoms with van der Waals surface area (Å²) in [6, 6.07) is 6.24. The molecule has 1 N–H and O–H groups in total. The highest BCUT2D eigenvalue weighted by Crippen LogP contribution is 2.31. The summed E-state index contributed by atoms with van der Waals surface area (Å²) in [5, 5.41) is 8.48. The third-order valence-corrected chi connectivity index (χ3v) is 2.21. The molecule has 1 nitrogen and oxygen atoms in total. The lowest BCUT2D eigenvalue weighted by molar-refractivity contribution is -0.0269. The summed E-state index contributed by atoms with van der Waals surface area (Å²) >= 11 is 0. The predicted octanol–water partition coefficient (Wildman–Crippen LogP) is 2.72. The molecule has 0 spiro atoms. The van der Waals surface area contributed by atoms with Crippen LogP contribution >= 0.6 is 0 Å². The molecule has 0 fully saturated rings. The van der Waals surface area contributed by atoms with Crippen molar-refractivity contribution in [2.75, 3.05) is 6.61 Å². The molecule has 0 saturated heterocycles. The van der Waals surface area contributed by atoms with Gasteiger partial charge in [-0.3, -0.25) is 0 Å². The Morgan fingerprint density at radius 1 is 1.21 bits per heavy atom. The van der Waals surface area contributed by atoms with E-state index >= 15 is 0 Å². The second kappa shape index (κ2) is 4.51. The summed E-state index contributed by atoms with van der Waals surface area (Å²) in [5.74, 6) is -2.92. The van der Waals surface area contributed by atoms with Gasteiger partial charge in [0.2, 0.25) is 0 Å². The van der Waals surface area contributed by atoms with Crippen molar-refractivity contribution < 1.29 is 13.9 Å². The van der Waals surface area contributed by atoms with Crippen molar-refractivity contribution >= 4 is 0 Å². The molecule has 0 saturated carbocycles. The molecule has 0 aliphatic heterocycles. The quantitative estimate of drug-likeness (QED) is 0.792. The van der Waals surface area contributed by atoms with Crippen LogP contribution in [0.5, 0.6) is 0 Å². The summed E-state index contributed by atoms with van der Waals surface area (Å²) in [6.45, 7) is 1.48. The topological polar surface area (TPSA) is 20.2 Å². The van der Waals surface area contributed by atoms with Gasteiger partial charge in [0.25, 0.3) is 5.92 Å². The van der Waals surface area contributed by atoms with E-state index in [4.69, 9.17) is 5.11 Å². The van der Waals surface area contributed by atoms with Crippen molar-refractivity contribution in [1.82, 2.24) is 0 Å². The number of rotatable bonds is 4. The van der Waals surface area contributed by atoms with E-state index in [1.807, 2.05) is 6.92 Å². The van der Waals surface area contributed by atoms with Crippen molar-refractivity contribution in [3.63, 3.8) is 0 Å². The first-order chi connectivity index (χ1) is 6.60. The van der Waals surface area contributed by atoms with Gasteiger partial charge in [-0.2, -0.15) is 0 Å². The highest BCUT2D eigenvalue weighted by Gasteiger charge is 2.30. The number of aliphatic hydroxyl groups is 1. The van der Waals surface area contributed by atoms with E-state index in [-0.39, 0.29) is 5.56 Å². The number of alkyl halides is 2. The Morgan fingerprint density at radius 3 is 2.21 bits per heavy atom. The summed E-state index contributed by atoms with van der Waals surface area (Å²) in [7, 11) is 0. The lowest BCUT2D eigenvalue weighted by atomic mass is 10.0. The second-order valence-corrected chi connectivity index (χ2v) is 3.23. The monoisotopic (exact) mass is 200 g/mol. The standard InChI is InChI=1S/C11H14F2O/c1-2-9-3-5-10(6-4-9)11(12,13)7-8-14/h3-6,14H,2,7-8H2,1H3. The number of benzene rings is 1. The van der Waals surface area contributed by atoms with Gasteiger partial charge < -0.3 is 5.11 Å². The zero-order chi connectivity index (χ0) is 10.6. The van der Waals surface area contributed by atoms with Crippen LogP contribution in [0.25, 0.3) is 0 Å². The number of halogens is 2. The van der Waals surface area contributed by atoms with E-state index in [1.165, 1.54) is 12.1 Å². The van der Waals surface area contributed by atoms with Crippen LogP contribution < -0.4 is 0 Å². The van der Waals surface area contributed by atoms with Crippen LogP contribution in [0.4, 0.5) is 8.78 Å². The Kier molecular flexibility index (Phi) is 3.58. The van der Waals surface area contributed by atoms with Crippen molar-refractivity contribution in [1.29, 1.82) is 0 Å². The Balaban J connectivity index is 2.85. The number of hydrogen-bond donors (Lipinski definition) is 1.